The van der Waals surface area contributed by atoms with E-state index in [1.54, 1.807) is 18.2 Å². The average Bonchev–Trinajstić information content (AvgIpc) is 3.03. The smallest absolute Gasteiger partial charge is 0.256 e. The number of rotatable bonds is 2. The minimum Gasteiger partial charge on any atom is -0.319 e. The number of aromatic nitrogens is 1. The average molecular weight is 359 g/mol. The quantitative estimate of drug-likeness (QED) is 0.707. The molecule has 1 aliphatic rings. The number of anilines is 1. The molecule has 126 valence electrons. The van der Waals surface area contributed by atoms with Gasteiger partial charge in [-0.05, 0) is 55.2 Å². The number of aryl methyl sites for hydroxylation is 1. The summed E-state index contributed by atoms with van der Waals surface area (Å²) in [7, 11) is 0. The molecule has 0 saturated carbocycles. The highest BCUT2D eigenvalue weighted by atomic mass is 35.5. The van der Waals surface area contributed by atoms with Crippen molar-refractivity contribution in [1.29, 1.82) is 0 Å². The van der Waals surface area contributed by atoms with Crippen LogP contribution in [0.4, 0.5) is 14.5 Å². The molecule has 3 nitrogen and oxygen atoms in total. The first-order chi connectivity index (χ1) is 12.0. The van der Waals surface area contributed by atoms with Crippen molar-refractivity contribution >= 4 is 34.1 Å². The second-order valence-electron chi connectivity index (χ2n) is 6.01. The Hall–Kier alpha value is -2.53. The van der Waals surface area contributed by atoms with Gasteiger partial charge in [-0.3, -0.25) is 9.78 Å². The first-order valence-corrected chi connectivity index (χ1v) is 8.28. The SMILES string of the molecule is O=C(Nc1cc(F)ccc1F)c1c2c(nc3ccc(Cl)cc13)CCC2. The van der Waals surface area contributed by atoms with Crippen molar-refractivity contribution < 1.29 is 13.6 Å². The number of hydrogen-bond donors (Lipinski definition) is 1. The van der Waals surface area contributed by atoms with E-state index in [4.69, 9.17) is 11.6 Å². The number of fused-ring (bicyclic) bond motifs is 2. The first-order valence-electron chi connectivity index (χ1n) is 7.90. The van der Waals surface area contributed by atoms with Crippen molar-refractivity contribution in [2.45, 2.75) is 19.3 Å². The molecule has 1 N–H and O–H groups in total. The summed E-state index contributed by atoms with van der Waals surface area (Å²) in [6.07, 6.45) is 2.42. The van der Waals surface area contributed by atoms with Gasteiger partial charge in [0.1, 0.15) is 11.6 Å². The number of pyridine rings is 1. The number of carbonyl (C=O) groups is 1. The minimum atomic E-state index is -0.692. The van der Waals surface area contributed by atoms with Gasteiger partial charge in [0, 0.05) is 22.2 Å². The molecular formula is C19H13ClF2N2O. The van der Waals surface area contributed by atoms with Crippen LogP contribution in [0.3, 0.4) is 0 Å². The molecule has 1 amide bonds. The lowest BCUT2D eigenvalue weighted by Gasteiger charge is -2.13. The van der Waals surface area contributed by atoms with Crippen LogP contribution < -0.4 is 5.32 Å². The summed E-state index contributed by atoms with van der Waals surface area (Å²) in [5.74, 6) is -1.80. The lowest BCUT2D eigenvalue weighted by molar-refractivity contribution is 0.102. The van der Waals surface area contributed by atoms with Gasteiger partial charge in [0.2, 0.25) is 0 Å². The fourth-order valence-electron chi connectivity index (χ4n) is 3.27. The molecule has 0 saturated heterocycles. The maximum Gasteiger partial charge on any atom is 0.256 e. The minimum absolute atomic E-state index is 0.191. The molecule has 3 aromatic rings. The Morgan fingerprint density at radius 3 is 2.80 bits per heavy atom. The van der Waals surface area contributed by atoms with E-state index in [1.807, 2.05) is 0 Å². The molecule has 1 heterocycles. The third kappa shape index (κ3) is 2.85. The van der Waals surface area contributed by atoms with Crippen LogP contribution in [0.15, 0.2) is 36.4 Å². The van der Waals surface area contributed by atoms with Gasteiger partial charge in [0.25, 0.3) is 5.91 Å². The van der Waals surface area contributed by atoms with Crippen LogP contribution in [-0.4, -0.2) is 10.9 Å². The molecular weight excluding hydrogens is 346 g/mol. The number of hydrogen-bond acceptors (Lipinski definition) is 2. The molecule has 0 aliphatic heterocycles. The third-order valence-corrected chi connectivity index (χ3v) is 4.61. The number of halogens is 3. The molecule has 0 fully saturated rings. The van der Waals surface area contributed by atoms with E-state index < -0.39 is 17.5 Å². The molecule has 0 unspecified atom stereocenters. The van der Waals surface area contributed by atoms with Crippen molar-refractivity contribution in [3.05, 3.63) is 69.9 Å². The number of benzene rings is 2. The van der Waals surface area contributed by atoms with Crippen molar-refractivity contribution in [2.75, 3.05) is 5.32 Å². The monoisotopic (exact) mass is 358 g/mol. The van der Waals surface area contributed by atoms with Crippen molar-refractivity contribution in [3.63, 3.8) is 0 Å². The molecule has 25 heavy (non-hydrogen) atoms. The Labute approximate surface area is 147 Å². The maximum absolute atomic E-state index is 13.9. The summed E-state index contributed by atoms with van der Waals surface area (Å²) in [5.41, 5.74) is 2.63. The van der Waals surface area contributed by atoms with Crippen molar-refractivity contribution in [3.8, 4) is 0 Å². The Kier molecular flexibility index (Phi) is 3.88. The zero-order valence-electron chi connectivity index (χ0n) is 13.1. The predicted octanol–water partition coefficient (Wildman–Crippen LogP) is 4.91. The summed E-state index contributed by atoms with van der Waals surface area (Å²) >= 11 is 6.08. The Morgan fingerprint density at radius 1 is 1.12 bits per heavy atom. The number of amides is 1. The Morgan fingerprint density at radius 2 is 1.96 bits per heavy atom. The van der Waals surface area contributed by atoms with E-state index in [2.05, 4.69) is 10.3 Å². The fraction of sp³-hybridized carbons (Fsp3) is 0.158. The van der Waals surface area contributed by atoms with Crippen LogP contribution in [0.2, 0.25) is 5.02 Å². The van der Waals surface area contributed by atoms with Crippen LogP contribution in [0.5, 0.6) is 0 Å². The van der Waals surface area contributed by atoms with Crippen LogP contribution in [0.25, 0.3) is 10.9 Å². The van der Waals surface area contributed by atoms with Crippen molar-refractivity contribution in [2.24, 2.45) is 0 Å². The number of carbonyl (C=O) groups excluding carboxylic acids is 1. The van der Waals surface area contributed by atoms with Crippen LogP contribution in [-0.2, 0) is 12.8 Å². The van der Waals surface area contributed by atoms with E-state index in [1.165, 1.54) is 0 Å². The Bertz CT molecular complexity index is 1020. The lowest BCUT2D eigenvalue weighted by atomic mass is 10.0. The van der Waals surface area contributed by atoms with E-state index in [0.29, 0.717) is 21.5 Å². The predicted molar refractivity (Wildman–Crippen MR) is 93.1 cm³/mol. The van der Waals surface area contributed by atoms with Gasteiger partial charge in [-0.15, -0.1) is 0 Å². The van der Waals surface area contributed by atoms with Gasteiger partial charge in [0.05, 0.1) is 16.8 Å². The van der Waals surface area contributed by atoms with Gasteiger partial charge in [-0.2, -0.15) is 0 Å². The van der Waals surface area contributed by atoms with E-state index in [-0.39, 0.29) is 5.69 Å². The normalized spacial score (nSPS) is 13.1. The number of nitrogens with one attached hydrogen (secondary N) is 1. The second-order valence-corrected chi connectivity index (χ2v) is 6.44. The largest absolute Gasteiger partial charge is 0.319 e. The van der Waals surface area contributed by atoms with E-state index in [9.17, 15) is 13.6 Å². The van der Waals surface area contributed by atoms with E-state index in [0.717, 1.165) is 48.7 Å². The molecule has 1 aliphatic carbocycles. The van der Waals surface area contributed by atoms with Gasteiger partial charge in [-0.25, -0.2) is 8.78 Å². The molecule has 4 rings (SSSR count). The highest BCUT2D eigenvalue weighted by Crippen LogP contribution is 2.32. The second kappa shape index (κ2) is 6.08. The molecule has 0 bridgehead atoms. The zero-order valence-corrected chi connectivity index (χ0v) is 13.8. The summed E-state index contributed by atoms with van der Waals surface area (Å²) in [4.78, 5) is 17.5. The first kappa shape index (κ1) is 16.0. The van der Waals surface area contributed by atoms with Gasteiger partial charge in [0.15, 0.2) is 0 Å². The van der Waals surface area contributed by atoms with Crippen molar-refractivity contribution in [1.82, 2.24) is 4.98 Å². The van der Waals surface area contributed by atoms with Crippen LogP contribution >= 0.6 is 11.6 Å². The highest BCUT2D eigenvalue weighted by Gasteiger charge is 2.24. The van der Waals surface area contributed by atoms with Crippen LogP contribution in [0, 0.1) is 11.6 Å². The highest BCUT2D eigenvalue weighted by molar-refractivity contribution is 6.31. The summed E-state index contributed by atoms with van der Waals surface area (Å²) in [5, 5.41) is 3.58. The van der Waals surface area contributed by atoms with E-state index >= 15 is 0 Å². The molecule has 6 heteroatoms. The molecule has 0 atom stereocenters. The maximum atomic E-state index is 13.9. The topological polar surface area (TPSA) is 42.0 Å². The standard InChI is InChI=1S/C19H13ClF2N2O/c20-10-4-7-16-13(8-10)18(12-2-1-3-15(12)23-16)19(25)24-17-9-11(21)5-6-14(17)22/h4-9H,1-3H2,(H,24,25). The third-order valence-electron chi connectivity index (χ3n) is 4.38. The van der Waals surface area contributed by atoms with Crippen LogP contribution in [0.1, 0.15) is 28.0 Å². The van der Waals surface area contributed by atoms with Gasteiger partial charge >= 0.3 is 0 Å². The summed E-state index contributed by atoms with van der Waals surface area (Å²) in [6, 6.07) is 8.10. The van der Waals surface area contributed by atoms with Gasteiger partial charge < -0.3 is 5.32 Å². The molecule has 1 aromatic heterocycles. The zero-order chi connectivity index (χ0) is 17.6. The lowest BCUT2D eigenvalue weighted by Crippen LogP contribution is -2.16. The molecule has 2 aromatic carbocycles. The Balaban J connectivity index is 1.86. The fourth-order valence-corrected chi connectivity index (χ4v) is 3.44. The molecule has 0 radical (unpaired) electrons. The van der Waals surface area contributed by atoms with Gasteiger partial charge in [-0.1, -0.05) is 11.6 Å². The summed E-state index contributed by atoms with van der Waals surface area (Å²) in [6.45, 7) is 0. The number of nitrogens with zero attached hydrogens (tertiary/aromatic N) is 1. The molecule has 0 spiro atoms. The summed E-state index contributed by atoms with van der Waals surface area (Å²) < 4.78 is 27.3.